The van der Waals surface area contributed by atoms with Gasteiger partial charge in [0.15, 0.2) is 5.75 Å². The Morgan fingerprint density at radius 3 is 2.57 bits per heavy atom. The van der Waals surface area contributed by atoms with Crippen LogP contribution in [0.2, 0.25) is 5.02 Å². The third kappa shape index (κ3) is 3.24. The Bertz CT molecular complexity index is 700. The van der Waals surface area contributed by atoms with Gasteiger partial charge < -0.3 is 4.74 Å². The van der Waals surface area contributed by atoms with E-state index in [4.69, 9.17) is 16.3 Å². The van der Waals surface area contributed by atoms with Crippen LogP contribution in [0, 0.1) is 10.1 Å². The van der Waals surface area contributed by atoms with Crippen molar-refractivity contribution in [3.8, 4) is 11.5 Å². The van der Waals surface area contributed by atoms with E-state index in [9.17, 15) is 23.3 Å². The molecule has 0 radical (unpaired) electrons. The van der Waals surface area contributed by atoms with Crippen LogP contribution in [0.5, 0.6) is 11.5 Å². The number of alkyl halides is 3. The van der Waals surface area contributed by atoms with Crippen LogP contribution in [-0.2, 0) is 13.2 Å². The largest absolute Gasteiger partial charge is 0.447 e. The second-order valence-corrected chi connectivity index (χ2v) is 4.41. The number of nitro benzene ring substituents is 1. The van der Waals surface area contributed by atoms with Gasteiger partial charge >= 0.3 is 11.9 Å². The second kappa shape index (κ2) is 5.24. The van der Waals surface area contributed by atoms with E-state index >= 15 is 0 Å². The number of halogens is 4. The number of hydrogen-bond acceptors (Lipinski definition) is 4. The van der Waals surface area contributed by atoms with Gasteiger partial charge in [-0.15, -0.1) is 0 Å². The highest BCUT2D eigenvalue weighted by molar-refractivity contribution is 6.31. The maximum atomic E-state index is 12.7. The number of benzene rings is 1. The topological polar surface area (TPSA) is 70.2 Å². The molecule has 2 rings (SSSR count). The molecule has 0 bridgehead atoms. The highest BCUT2D eigenvalue weighted by Crippen LogP contribution is 2.42. The summed E-state index contributed by atoms with van der Waals surface area (Å²) in [5.41, 5.74) is -2.13. The third-order valence-electron chi connectivity index (χ3n) is 2.46. The van der Waals surface area contributed by atoms with Crippen LogP contribution < -0.4 is 4.74 Å². The fraction of sp³-hybridized carbons (Fsp3) is 0.182. The molecule has 6 nitrogen and oxygen atoms in total. The molecule has 0 aliphatic heterocycles. The fourth-order valence-corrected chi connectivity index (χ4v) is 1.82. The summed E-state index contributed by atoms with van der Waals surface area (Å²) in [7, 11) is 1.58. The lowest BCUT2D eigenvalue weighted by Gasteiger charge is -2.11. The molecular weight excluding hydrogens is 315 g/mol. The highest BCUT2D eigenvalue weighted by atomic mass is 35.5. The van der Waals surface area contributed by atoms with E-state index in [1.54, 1.807) is 7.05 Å². The second-order valence-electron chi connectivity index (χ2n) is 4.01. The van der Waals surface area contributed by atoms with Gasteiger partial charge in [-0.05, 0) is 0 Å². The monoisotopic (exact) mass is 321 g/mol. The van der Waals surface area contributed by atoms with Crippen molar-refractivity contribution >= 4 is 17.3 Å². The average molecular weight is 322 g/mol. The first kappa shape index (κ1) is 15.1. The van der Waals surface area contributed by atoms with Crippen LogP contribution >= 0.6 is 11.6 Å². The van der Waals surface area contributed by atoms with Crippen molar-refractivity contribution in [1.82, 2.24) is 9.78 Å². The Morgan fingerprint density at radius 1 is 1.43 bits per heavy atom. The van der Waals surface area contributed by atoms with Gasteiger partial charge in [0.1, 0.15) is 0 Å². The molecular formula is C11H7ClF3N3O3. The van der Waals surface area contributed by atoms with Crippen molar-refractivity contribution in [3.63, 3.8) is 0 Å². The van der Waals surface area contributed by atoms with Crippen molar-refractivity contribution in [3.05, 3.63) is 45.2 Å². The minimum Gasteiger partial charge on any atom is -0.447 e. The van der Waals surface area contributed by atoms with Gasteiger partial charge in [-0.1, -0.05) is 11.6 Å². The van der Waals surface area contributed by atoms with E-state index in [0.29, 0.717) is 6.07 Å². The number of nitrogens with zero attached hydrogens (tertiary/aromatic N) is 3. The van der Waals surface area contributed by atoms with Crippen LogP contribution in [0.3, 0.4) is 0 Å². The summed E-state index contributed by atoms with van der Waals surface area (Å²) in [4.78, 5) is 9.93. The van der Waals surface area contributed by atoms with Crippen LogP contribution in [0.15, 0.2) is 24.5 Å². The molecule has 0 amide bonds. The van der Waals surface area contributed by atoms with E-state index in [1.807, 2.05) is 0 Å². The van der Waals surface area contributed by atoms with Crippen LogP contribution in [0.4, 0.5) is 18.9 Å². The SMILES string of the molecule is Cn1cc(Oc2cc(Cl)c(C(F)(F)F)cc2[N+](=O)[O-])cn1. The van der Waals surface area contributed by atoms with E-state index in [-0.39, 0.29) is 5.75 Å². The van der Waals surface area contributed by atoms with E-state index in [1.165, 1.54) is 17.1 Å². The molecule has 1 aromatic heterocycles. The number of nitro groups is 1. The van der Waals surface area contributed by atoms with Crippen molar-refractivity contribution in [2.24, 2.45) is 7.05 Å². The number of hydrogen-bond donors (Lipinski definition) is 0. The van der Waals surface area contributed by atoms with Crippen LogP contribution in [-0.4, -0.2) is 14.7 Å². The van der Waals surface area contributed by atoms with Gasteiger partial charge in [-0.25, -0.2) is 0 Å². The Morgan fingerprint density at radius 2 is 2.10 bits per heavy atom. The lowest BCUT2D eigenvalue weighted by Crippen LogP contribution is -2.07. The standard InChI is InChI=1S/C11H7ClF3N3O3/c1-17-5-6(4-16-17)21-10-3-8(12)7(11(13,14)15)2-9(10)18(19)20/h2-5H,1H3. The zero-order chi connectivity index (χ0) is 15.8. The molecule has 0 atom stereocenters. The van der Waals surface area contributed by atoms with Crippen molar-refractivity contribution < 1.29 is 22.8 Å². The lowest BCUT2D eigenvalue weighted by atomic mass is 10.2. The maximum absolute atomic E-state index is 12.7. The molecule has 0 saturated heterocycles. The molecule has 0 aliphatic rings. The van der Waals surface area contributed by atoms with Gasteiger partial charge in [0, 0.05) is 19.2 Å². The Labute approximate surface area is 120 Å². The summed E-state index contributed by atoms with van der Waals surface area (Å²) < 4.78 is 44.6. The number of ether oxygens (including phenoxy) is 1. The normalized spacial score (nSPS) is 11.5. The van der Waals surface area contributed by atoms with Crippen molar-refractivity contribution in [2.45, 2.75) is 6.18 Å². The van der Waals surface area contributed by atoms with Crippen LogP contribution in [0.25, 0.3) is 0 Å². The molecule has 10 heteroatoms. The zero-order valence-corrected chi connectivity index (χ0v) is 11.1. The first-order valence-electron chi connectivity index (χ1n) is 5.40. The predicted octanol–water partition coefficient (Wildman–Crippen LogP) is 3.79. The summed E-state index contributed by atoms with van der Waals surface area (Å²) in [6, 6.07) is 1.10. The van der Waals surface area contributed by atoms with Gasteiger partial charge in [0.05, 0.1) is 27.9 Å². The van der Waals surface area contributed by atoms with Gasteiger partial charge in [0.2, 0.25) is 5.75 Å². The van der Waals surface area contributed by atoms with E-state index < -0.39 is 33.1 Å². The smallest absolute Gasteiger partial charge is 0.418 e. The third-order valence-corrected chi connectivity index (χ3v) is 2.77. The summed E-state index contributed by atoms with van der Waals surface area (Å²) >= 11 is 5.52. The van der Waals surface area contributed by atoms with E-state index in [2.05, 4.69) is 5.10 Å². The van der Waals surface area contributed by atoms with Gasteiger partial charge in [-0.2, -0.15) is 18.3 Å². The fourth-order valence-electron chi connectivity index (χ4n) is 1.56. The molecule has 0 spiro atoms. The van der Waals surface area contributed by atoms with Crippen molar-refractivity contribution in [2.75, 3.05) is 0 Å². The lowest BCUT2D eigenvalue weighted by molar-refractivity contribution is -0.385. The summed E-state index contributed by atoms with van der Waals surface area (Å²) in [6.45, 7) is 0. The molecule has 0 fully saturated rings. The molecule has 112 valence electrons. The predicted molar refractivity (Wildman–Crippen MR) is 66.4 cm³/mol. The molecule has 1 aromatic carbocycles. The molecule has 0 saturated carbocycles. The van der Waals surface area contributed by atoms with Gasteiger partial charge in [0.25, 0.3) is 0 Å². The number of aromatic nitrogens is 2. The number of rotatable bonds is 3. The molecule has 0 aliphatic carbocycles. The van der Waals surface area contributed by atoms with E-state index in [0.717, 1.165) is 6.07 Å². The molecule has 0 unspecified atom stereocenters. The highest BCUT2D eigenvalue weighted by Gasteiger charge is 2.36. The molecule has 2 aromatic rings. The summed E-state index contributed by atoms with van der Waals surface area (Å²) in [6.07, 6.45) is -2.14. The first-order chi connectivity index (χ1) is 9.68. The first-order valence-corrected chi connectivity index (χ1v) is 5.78. The Balaban J connectivity index is 2.50. The van der Waals surface area contributed by atoms with Crippen LogP contribution in [0.1, 0.15) is 5.56 Å². The number of aryl methyl sites for hydroxylation is 1. The maximum Gasteiger partial charge on any atom is 0.418 e. The Hall–Kier alpha value is -2.29. The average Bonchev–Trinajstić information content (AvgIpc) is 2.72. The van der Waals surface area contributed by atoms with Crippen molar-refractivity contribution in [1.29, 1.82) is 0 Å². The Kier molecular flexibility index (Phi) is 3.77. The summed E-state index contributed by atoms with van der Waals surface area (Å²) in [5, 5.41) is 14.0. The molecule has 21 heavy (non-hydrogen) atoms. The minimum atomic E-state index is -4.80. The molecule has 1 heterocycles. The van der Waals surface area contributed by atoms with Gasteiger partial charge in [-0.3, -0.25) is 14.8 Å². The quantitative estimate of drug-likeness (QED) is 0.637. The minimum absolute atomic E-state index is 0.136. The zero-order valence-electron chi connectivity index (χ0n) is 10.4. The summed E-state index contributed by atoms with van der Waals surface area (Å²) in [5.74, 6) is -0.262. The molecule has 0 N–H and O–H groups in total.